The third-order valence-corrected chi connectivity index (χ3v) is 2.00. The molecule has 0 aromatic heterocycles. The predicted molar refractivity (Wildman–Crippen MR) is 56.2 cm³/mol. The number of benzene rings is 1. The lowest BCUT2D eigenvalue weighted by molar-refractivity contribution is 1.10. The van der Waals surface area contributed by atoms with Crippen molar-refractivity contribution in [3.8, 4) is 0 Å². The molecular formula is C7H6Cl2N2S. The lowest BCUT2D eigenvalue weighted by Gasteiger charge is -2.09. The van der Waals surface area contributed by atoms with Gasteiger partial charge in [-0.05, 0) is 24.4 Å². The zero-order chi connectivity index (χ0) is 8.97. The van der Waals surface area contributed by atoms with Crippen LogP contribution in [0.5, 0.6) is 0 Å². The van der Waals surface area contributed by atoms with Crippen LogP contribution in [0.3, 0.4) is 0 Å². The first-order valence-electron chi connectivity index (χ1n) is 3.18. The SMILES string of the molecule is S=C(Nc1ccccc1)N(Cl)Cl. The van der Waals surface area contributed by atoms with Crippen LogP contribution in [0.4, 0.5) is 5.69 Å². The average molecular weight is 221 g/mol. The van der Waals surface area contributed by atoms with Gasteiger partial charge in [-0.1, -0.05) is 18.2 Å². The number of thiocarbonyl (C=S) groups is 1. The van der Waals surface area contributed by atoms with Gasteiger partial charge in [-0.15, -0.1) is 0 Å². The Labute approximate surface area is 86.3 Å². The summed E-state index contributed by atoms with van der Waals surface area (Å²) in [5.74, 6) is 0. The van der Waals surface area contributed by atoms with E-state index in [0.29, 0.717) is 0 Å². The van der Waals surface area contributed by atoms with Gasteiger partial charge in [0.25, 0.3) is 0 Å². The van der Waals surface area contributed by atoms with Gasteiger partial charge in [0.15, 0.2) is 0 Å². The van der Waals surface area contributed by atoms with Crippen molar-refractivity contribution in [2.24, 2.45) is 0 Å². The maximum absolute atomic E-state index is 5.37. The zero-order valence-electron chi connectivity index (χ0n) is 6.00. The zero-order valence-corrected chi connectivity index (χ0v) is 8.33. The highest BCUT2D eigenvalue weighted by Crippen LogP contribution is 2.08. The van der Waals surface area contributed by atoms with Crippen molar-refractivity contribution in [1.82, 2.24) is 3.94 Å². The van der Waals surface area contributed by atoms with Crippen LogP contribution in [-0.2, 0) is 0 Å². The van der Waals surface area contributed by atoms with E-state index < -0.39 is 0 Å². The summed E-state index contributed by atoms with van der Waals surface area (Å²) in [5, 5.41) is 3.09. The molecule has 0 saturated heterocycles. The molecule has 0 spiro atoms. The maximum atomic E-state index is 5.37. The number of hydrogen-bond acceptors (Lipinski definition) is 1. The Morgan fingerprint density at radius 2 is 1.83 bits per heavy atom. The van der Waals surface area contributed by atoms with Crippen molar-refractivity contribution in [2.75, 3.05) is 5.32 Å². The van der Waals surface area contributed by atoms with E-state index in [2.05, 4.69) is 5.32 Å². The maximum Gasteiger partial charge on any atom is 0.204 e. The Morgan fingerprint density at radius 3 is 2.33 bits per heavy atom. The van der Waals surface area contributed by atoms with Gasteiger partial charge in [-0.25, -0.2) is 0 Å². The Balaban J connectivity index is 2.59. The molecule has 12 heavy (non-hydrogen) atoms. The summed E-state index contributed by atoms with van der Waals surface area (Å²) in [7, 11) is 0. The topological polar surface area (TPSA) is 15.3 Å². The molecule has 2 nitrogen and oxygen atoms in total. The van der Waals surface area contributed by atoms with Crippen LogP contribution in [0.15, 0.2) is 30.3 Å². The summed E-state index contributed by atoms with van der Waals surface area (Å²) >= 11 is 15.6. The lowest BCUT2D eigenvalue weighted by atomic mass is 10.3. The molecule has 5 heteroatoms. The van der Waals surface area contributed by atoms with E-state index in [1.165, 1.54) is 0 Å². The van der Waals surface area contributed by atoms with Crippen LogP contribution < -0.4 is 5.32 Å². The van der Waals surface area contributed by atoms with Crippen molar-refractivity contribution in [3.63, 3.8) is 0 Å². The molecule has 0 fully saturated rings. The Bertz CT molecular complexity index is 263. The quantitative estimate of drug-likeness (QED) is 0.579. The number of anilines is 1. The van der Waals surface area contributed by atoms with Gasteiger partial charge in [0, 0.05) is 29.2 Å². The number of rotatable bonds is 1. The van der Waals surface area contributed by atoms with Gasteiger partial charge in [-0.3, -0.25) is 0 Å². The van der Waals surface area contributed by atoms with E-state index in [9.17, 15) is 0 Å². The molecule has 0 unspecified atom stereocenters. The molecule has 0 aliphatic rings. The standard InChI is InChI=1S/C7H6Cl2N2S/c8-11(9)7(12)10-6-4-2-1-3-5-6/h1-5H,(H,10,12). The minimum Gasteiger partial charge on any atom is -0.331 e. The van der Waals surface area contributed by atoms with E-state index in [0.717, 1.165) is 9.63 Å². The molecule has 64 valence electrons. The normalized spacial score (nSPS) is 9.17. The number of nitrogens with zero attached hydrogens (tertiary/aromatic N) is 1. The molecule has 0 radical (unpaired) electrons. The highest BCUT2D eigenvalue weighted by atomic mass is 35.5. The summed E-state index contributed by atoms with van der Waals surface area (Å²) in [4.78, 5) is 0. The molecule has 1 aromatic carbocycles. The molecular weight excluding hydrogens is 215 g/mol. The fraction of sp³-hybridized carbons (Fsp3) is 0. The van der Waals surface area contributed by atoms with Gasteiger partial charge >= 0.3 is 0 Å². The van der Waals surface area contributed by atoms with E-state index in [1.54, 1.807) is 0 Å². The van der Waals surface area contributed by atoms with Crippen LogP contribution in [-0.4, -0.2) is 9.05 Å². The van der Waals surface area contributed by atoms with E-state index >= 15 is 0 Å². The molecule has 0 amide bonds. The fourth-order valence-corrected chi connectivity index (χ4v) is 0.890. The Morgan fingerprint density at radius 1 is 1.25 bits per heavy atom. The average Bonchev–Trinajstić information content (AvgIpc) is 2.06. The number of para-hydroxylation sites is 1. The lowest BCUT2D eigenvalue weighted by Crippen LogP contribution is -2.18. The molecule has 0 saturated carbocycles. The van der Waals surface area contributed by atoms with Crippen LogP contribution in [0, 0.1) is 0 Å². The summed E-state index contributed by atoms with van der Waals surface area (Å²) in [6.45, 7) is 0. The molecule has 1 N–H and O–H groups in total. The van der Waals surface area contributed by atoms with Crippen molar-refractivity contribution in [1.29, 1.82) is 0 Å². The number of halogens is 2. The summed E-state index contributed by atoms with van der Waals surface area (Å²) in [6.07, 6.45) is 0. The second kappa shape index (κ2) is 4.50. The first kappa shape index (κ1) is 9.58. The molecule has 1 aromatic rings. The number of nitrogens with one attached hydrogen (secondary N) is 1. The van der Waals surface area contributed by atoms with E-state index in [1.807, 2.05) is 30.3 Å². The first-order chi connectivity index (χ1) is 5.70. The Kier molecular flexibility index (Phi) is 3.59. The van der Waals surface area contributed by atoms with Crippen molar-refractivity contribution >= 4 is 46.6 Å². The fourth-order valence-electron chi connectivity index (χ4n) is 0.687. The van der Waals surface area contributed by atoms with E-state index in [4.69, 9.17) is 35.8 Å². The first-order valence-corrected chi connectivity index (χ1v) is 4.26. The molecule has 0 atom stereocenters. The summed E-state index contributed by atoms with van der Waals surface area (Å²) in [5.41, 5.74) is 0.855. The minimum absolute atomic E-state index is 0.254. The molecule has 0 aliphatic heterocycles. The molecule has 0 bridgehead atoms. The second-order valence-corrected chi connectivity index (χ2v) is 3.26. The van der Waals surface area contributed by atoms with Crippen molar-refractivity contribution in [3.05, 3.63) is 30.3 Å². The second-order valence-electron chi connectivity index (χ2n) is 2.03. The highest BCUT2D eigenvalue weighted by Gasteiger charge is 2.01. The minimum atomic E-state index is 0.254. The third-order valence-electron chi connectivity index (χ3n) is 1.18. The molecule has 0 aliphatic carbocycles. The van der Waals surface area contributed by atoms with Crippen LogP contribution in [0.1, 0.15) is 0 Å². The van der Waals surface area contributed by atoms with Crippen molar-refractivity contribution in [2.45, 2.75) is 0 Å². The highest BCUT2D eigenvalue weighted by molar-refractivity contribution is 7.80. The van der Waals surface area contributed by atoms with Gasteiger partial charge < -0.3 is 5.32 Å². The third kappa shape index (κ3) is 2.85. The smallest absolute Gasteiger partial charge is 0.204 e. The molecule has 0 heterocycles. The predicted octanol–water partition coefficient (Wildman–Crippen LogP) is 2.99. The monoisotopic (exact) mass is 220 g/mol. The Hall–Kier alpha value is -0.510. The van der Waals surface area contributed by atoms with Crippen LogP contribution in [0.2, 0.25) is 0 Å². The van der Waals surface area contributed by atoms with Gasteiger partial charge in [0.05, 0.1) is 0 Å². The van der Waals surface area contributed by atoms with Gasteiger partial charge in [0.1, 0.15) is 0 Å². The van der Waals surface area contributed by atoms with Gasteiger partial charge in [0.2, 0.25) is 5.11 Å². The van der Waals surface area contributed by atoms with E-state index in [-0.39, 0.29) is 5.11 Å². The van der Waals surface area contributed by atoms with Gasteiger partial charge in [-0.2, -0.15) is 3.94 Å². The largest absolute Gasteiger partial charge is 0.331 e. The van der Waals surface area contributed by atoms with Crippen LogP contribution >= 0.6 is 35.8 Å². The van der Waals surface area contributed by atoms with Crippen molar-refractivity contribution < 1.29 is 0 Å². The molecule has 1 rings (SSSR count). The summed E-state index contributed by atoms with van der Waals surface area (Å²) < 4.78 is 0.808. The van der Waals surface area contributed by atoms with Crippen LogP contribution in [0.25, 0.3) is 0 Å². The summed E-state index contributed by atoms with van der Waals surface area (Å²) in [6, 6.07) is 9.41. The number of hydrogen-bond donors (Lipinski definition) is 1.